The summed E-state index contributed by atoms with van der Waals surface area (Å²) in [6.45, 7) is 6.10. The fourth-order valence-electron chi connectivity index (χ4n) is 3.33. The second kappa shape index (κ2) is 7.69. The first-order valence-electron chi connectivity index (χ1n) is 9.37. The number of nitrogens with zero attached hydrogens (tertiary/aromatic N) is 5. The Morgan fingerprint density at radius 3 is 2.71 bits per heavy atom. The van der Waals surface area contributed by atoms with Crippen molar-refractivity contribution in [3.05, 3.63) is 78.3 Å². The van der Waals surface area contributed by atoms with Crippen molar-refractivity contribution in [2.75, 3.05) is 5.32 Å². The number of halogens is 1. The SMILES string of the molecule is C=C(Nc1nccc(-c2ccc(F)s2)c1C)c1[nH]nc2ncc(-c3cncnc3)cc12. The maximum Gasteiger partial charge on any atom is 0.181 e. The van der Waals surface area contributed by atoms with E-state index in [4.69, 9.17) is 0 Å². The maximum atomic E-state index is 13.5. The Hall–Kier alpha value is -3.98. The summed E-state index contributed by atoms with van der Waals surface area (Å²) in [6.07, 6.45) is 8.37. The van der Waals surface area contributed by atoms with Gasteiger partial charge < -0.3 is 5.32 Å². The highest BCUT2D eigenvalue weighted by Gasteiger charge is 2.15. The van der Waals surface area contributed by atoms with Crippen LogP contribution >= 0.6 is 11.3 Å². The van der Waals surface area contributed by atoms with Crippen LogP contribution in [0.3, 0.4) is 0 Å². The number of hydrogen-bond donors (Lipinski definition) is 2. The van der Waals surface area contributed by atoms with Gasteiger partial charge in [0.05, 0.1) is 11.4 Å². The molecule has 0 aliphatic carbocycles. The lowest BCUT2D eigenvalue weighted by Gasteiger charge is -2.13. The van der Waals surface area contributed by atoms with Gasteiger partial charge in [0.25, 0.3) is 0 Å². The molecule has 0 amide bonds. The first kappa shape index (κ1) is 19.0. The number of aromatic amines is 1. The lowest BCUT2D eigenvalue weighted by atomic mass is 10.1. The summed E-state index contributed by atoms with van der Waals surface area (Å²) in [7, 11) is 0. The third-order valence-electron chi connectivity index (χ3n) is 4.92. The Morgan fingerprint density at radius 2 is 1.94 bits per heavy atom. The number of fused-ring (bicyclic) bond motifs is 1. The number of anilines is 1. The molecule has 5 heterocycles. The summed E-state index contributed by atoms with van der Waals surface area (Å²) < 4.78 is 13.5. The third kappa shape index (κ3) is 3.55. The normalized spacial score (nSPS) is 11.0. The smallest absolute Gasteiger partial charge is 0.181 e. The Labute approximate surface area is 180 Å². The molecule has 0 unspecified atom stereocenters. The molecular formula is C22H16FN7S. The lowest BCUT2D eigenvalue weighted by molar-refractivity contribution is 0.657. The van der Waals surface area contributed by atoms with E-state index in [9.17, 15) is 4.39 Å². The highest BCUT2D eigenvalue weighted by molar-refractivity contribution is 7.13. The molecule has 5 aromatic heterocycles. The van der Waals surface area contributed by atoms with E-state index < -0.39 is 0 Å². The van der Waals surface area contributed by atoms with Crippen LogP contribution in [0.1, 0.15) is 11.3 Å². The molecule has 31 heavy (non-hydrogen) atoms. The fraction of sp³-hybridized carbons (Fsp3) is 0.0455. The molecule has 152 valence electrons. The van der Waals surface area contributed by atoms with Gasteiger partial charge in [-0.2, -0.15) is 9.49 Å². The van der Waals surface area contributed by atoms with Crippen LogP contribution < -0.4 is 5.32 Å². The molecule has 5 rings (SSSR count). The zero-order chi connectivity index (χ0) is 21.4. The van der Waals surface area contributed by atoms with E-state index in [1.165, 1.54) is 12.4 Å². The molecule has 0 atom stereocenters. The van der Waals surface area contributed by atoms with Gasteiger partial charge in [-0.05, 0) is 36.8 Å². The van der Waals surface area contributed by atoms with Gasteiger partial charge >= 0.3 is 0 Å². The molecule has 0 aromatic carbocycles. The van der Waals surface area contributed by atoms with Crippen molar-refractivity contribution in [2.45, 2.75) is 6.92 Å². The van der Waals surface area contributed by atoms with E-state index in [0.29, 0.717) is 22.9 Å². The van der Waals surface area contributed by atoms with Gasteiger partial charge in [0, 0.05) is 51.7 Å². The standard InChI is InChI=1S/C22H16FN7S/c1-12-16(18-3-4-19(23)31-18)5-6-26-21(12)28-13(2)20-17-7-14(10-27-22(17)30-29-20)15-8-24-11-25-9-15/h3-11H,2H2,1H3,(H,26,28)(H,27,29,30). The van der Waals surface area contributed by atoms with Crippen molar-refractivity contribution in [2.24, 2.45) is 0 Å². The molecule has 0 aliphatic rings. The molecule has 0 fully saturated rings. The number of pyridine rings is 2. The summed E-state index contributed by atoms with van der Waals surface area (Å²) in [5.74, 6) is 0.639. The molecule has 0 saturated carbocycles. The van der Waals surface area contributed by atoms with Crippen molar-refractivity contribution < 1.29 is 4.39 Å². The Kier molecular flexibility index (Phi) is 4.72. The first-order chi connectivity index (χ1) is 15.1. The number of H-pyrrole nitrogens is 1. The lowest BCUT2D eigenvalue weighted by Crippen LogP contribution is -2.03. The average Bonchev–Trinajstić information content (AvgIpc) is 3.41. The van der Waals surface area contributed by atoms with Crippen molar-refractivity contribution in [1.82, 2.24) is 30.1 Å². The highest BCUT2D eigenvalue weighted by atomic mass is 32.1. The molecule has 5 aromatic rings. The number of nitrogens with one attached hydrogen (secondary N) is 2. The van der Waals surface area contributed by atoms with Crippen molar-refractivity contribution in [1.29, 1.82) is 0 Å². The van der Waals surface area contributed by atoms with Crippen LogP contribution in [0, 0.1) is 12.1 Å². The maximum absolute atomic E-state index is 13.5. The largest absolute Gasteiger partial charge is 0.339 e. The quantitative estimate of drug-likeness (QED) is 0.405. The number of hydrogen-bond acceptors (Lipinski definition) is 7. The second-order valence-corrected chi connectivity index (χ2v) is 7.89. The Balaban J connectivity index is 1.49. The predicted octanol–water partition coefficient (Wildman–Crippen LogP) is 5.07. The van der Waals surface area contributed by atoms with Crippen molar-refractivity contribution in [3.8, 4) is 21.6 Å². The van der Waals surface area contributed by atoms with Crippen LogP contribution in [0.5, 0.6) is 0 Å². The predicted molar refractivity (Wildman–Crippen MR) is 120 cm³/mol. The van der Waals surface area contributed by atoms with Gasteiger partial charge in [-0.3, -0.25) is 5.10 Å². The molecule has 0 saturated heterocycles. The minimum atomic E-state index is -0.221. The van der Waals surface area contributed by atoms with E-state index in [1.807, 2.05) is 19.1 Å². The van der Waals surface area contributed by atoms with E-state index >= 15 is 0 Å². The molecule has 0 aliphatic heterocycles. The van der Waals surface area contributed by atoms with E-state index in [2.05, 4.69) is 42.0 Å². The minimum absolute atomic E-state index is 0.221. The van der Waals surface area contributed by atoms with Crippen molar-refractivity contribution in [3.63, 3.8) is 0 Å². The highest BCUT2D eigenvalue weighted by Crippen LogP contribution is 2.33. The molecule has 7 nitrogen and oxygen atoms in total. The Bertz CT molecular complexity index is 1410. The molecular weight excluding hydrogens is 413 g/mol. The van der Waals surface area contributed by atoms with Crippen LogP contribution in [-0.2, 0) is 0 Å². The van der Waals surface area contributed by atoms with E-state index in [1.54, 1.807) is 30.9 Å². The van der Waals surface area contributed by atoms with Gasteiger partial charge in [0.1, 0.15) is 12.1 Å². The molecule has 2 N–H and O–H groups in total. The van der Waals surface area contributed by atoms with Gasteiger partial charge in [-0.1, -0.05) is 6.58 Å². The summed E-state index contributed by atoms with van der Waals surface area (Å²) in [5.41, 5.74) is 5.42. The number of aromatic nitrogens is 6. The van der Waals surface area contributed by atoms with Crippen molar-refractivity contribution >= 4 is 33.9 Å². The molecule has 0 radical (unpaired) electrons. The van der Waals surface area contributed by atoms with Crippen LogP contribution in [0.2, 0.25) is 0 Å². The van der Waals surface area contributed by atoms with Gasteiger partial charge in [-0.25, -0.2) is 19.9 Å². The van der Waals surface area contributed by atoms with E-state index in [0.717, 1.165) is 43.9 Å². The van der Waals surface area contributed by atoms with Gasteiger partial charge in [-0.15, -0.1) is 11.3 Å². The summed E-state index contributed by atoms with van der Waals surface area (Å²) in [5, 5.41) is 11.1. The zero-order valence-electron chi connectivity index (χ0n) is 16.4. The molecule has 9 heteroatoms. The fourth-order valence-corrected chi connectivity index (χ4v) is 4.14. The second-order valence-electron chi connectivity index (χ2n) is 6.86. The van der Waals surface area contributed by atoms with Gasteiger partial charge in [0.15, 0.2) is 10.8 Å². The first-order valence-corrected chi connectivity index (χ1v) is 10.2. The third-order valence-corrected chi connectivity index (χ3v) is 5.82. The monoisotopic (exact) mass is 429 g/mol. The number of rotatable bonds is 5. The van der Waals surface area contributed by atoms with Gasteiger partial charge in [0.2, 0.25) is 0 Å². The number of thiophene rings is 1. The van der Waals surface area contributed by atoms with Crippen LogP contribution in [0.25, 0.3) is 38.3 Å². The van der Waals surface area contributed by atoms with Crippen LogP contribution in [-0.4, -0.2) is 30.1 Å². The minimum Gasteiger partial charge on any atom is -0.339 e. The van der Waals surface area contributed by atoms with E-state index in [-0.39, 0.29) is 5.13 Å². The molecule has 0 bridgehead atoms. The summed E-state index contributed by atoms with van der Waals surface area (Å²) >= 11 is 1.10. The van der Waals surface area contributed by atoms with Crippen LogP contribution in [0.4, 0.5) is 10.2 Å². The topological polar surface area (TPSA) is 92.3 Å². The average molecular weight is 429 g/mol. The summed E-state index contributed by atoms with van der Waals surface area (Å²) in [6, 6.07) is 7.07. The zero-order valence-corrected chi connectivity index (χ0v) is 17.2. The summed E-state index contributed by atoms with van der Waals surface area (Å²) in [4.78, 5) is 17.8. The Morgan fingerprint density at radius 1 is 1.10 bits per heavy atom. The molecule has 0 spiro atoms. The van der Waals surface area contributed by atoms with Crippen LogP contribution in [0.15, 0.2) is 62.0 Å².